The first kappa shape index (κ1) is 13.2. The van der Waals surface area contributed by atoms with Gasteiger partial charge in [0.1, 0.15) is 0 Å². The summed E-state index contributed by atoms with van der Waals surface area (Å²) in [4.78, 5) is 0. The van der Waals surface area contributed by atoms with Crippen molar-refractivity contribution in [1.29, 1.82) is 0 Å². The highest BCUT2D eigenvalue weighted by atomic mass is 35.5. The molecule has 4 nitrogen and oxygen atoms in total. The van der Waals surface area contributed by atoms with Gasteiger partial charge in [0.05, 0.1) is 12.4 Å². The van der Waals surface area contributed by atoms with Gasteiger partial charge in [0, 0.05) is 25.1 Å². The van der Waals surface area contributed by atoms with Crippen LogP contribution in [0.2, 0.25) is 0 Å². The Hall–Kier alpha value is 0.160. The molecule has 0 aromatic rings. The third-order valence-corrected chi connectivity index (χ3v) is 4.78. The summed E-state index contributed by atoms with van der Waals surface area (Å²) in [6.07, 6.45) is 1.78. The number of sulfonamides is 1. The first-order valence-corrected chi connectivity index (χ1v) is 7.39. The smallest absolute Gasteiger partial charge is 0.216 e. The SMILES string of the molecule is CCOCCS(=O)(=O)N1CCCC1CCl. The average Bonchev–Trinajstić information content (AvgIpc) is 2.66. The molecule has 0 N–H and O–H groups in total. The summed E-state index contributed by atoms with van der Waals surface area (Å²) in [6.45, 7) is 3.27. The van der Waals surface area contributed by atoms with Crippen molar-refractivity contribution in [3.8, 4) is 0 Å². The van der Waals surface area contributed by atoms with E-state index in [1.165, 1.54) is 4.31 Å². The Bertz CT molecular complexity index is 281. The first-order chi connectivity index (χ1) is 7.11. The van der Waals surface area contributed by atoms with Crippen LogP contribution in [0, 0.1) is 0 Å². The second kappa shape index (κ2) is 6.03. The predicted molar refractivity (Wildman–Crippen MR) is 60.7 cm³/mol. The minimum atomic E-state index is -3.17. The molecule has 1 saturated heterocycles. The van der Waals surface area contributed by atoms with Crippen LogP contribution in [-0.2, 0) is 14.8 Å². The molecule has 6 heteroatoms. The lowest BCUT2D eigenvalue weighted by molar-refractivity contribution is 0.162. The quantitative estimate of drug-likeness (QED) is 0.527. The van der Waals surface area contributed by atoms with E-state index in [0.717, 1.165) is 12.8 Å². The van der Waals surface area contributed by atoms with E-state index in [4.69, 9.17) is 16.3 Å². The van der Waals surface area contributed by atoms with Crippen molar-refractivity contribution in [2.45, 2.75) is 25.8 Å². The number of ether oxygens (including phenoxy) is 1. The van der Waals surface area contributed by atoms with Crippen molar-refractivity contribution in [2.75, 3.05) is 31.4 Å². The Morgan fingerprint density at radius 1 is 1.53 bits per heavy atom. The zero-order valence-corrected chi connectivity index (χ0v) is 10.6. The van der Waals surface area contributed by atoms with Crippen LogP contribution in [0.5, 0.6) is 0 Å². The highest BCUT2D eigenvalue weighted by molar-refractivity contribution is 7.89. The zero-order valence-electron chi connectivity index (χ0n) is 8.99. The van der Waals surface area contributed by atoms with Gasteiger partial charge in [0.2, 0.25) is 10.0 Å². The van der Waals surface area contributed by atoms with Gasteiger partial charge < -0.3 is 4.74 Å². The maximum atomic E-state index is 11.9. The van der Waals surface area contributed by atoms with Crippen molar-refractivity contribution >= 4 is 21.6 Å². The fourth-order valence-corrected chi connectivity index (χ4v) is 3.76. The fraction of sp³-hybridized carbons (Fsp3) is 1.00. The fourth-order valence-electron chi connectivity index (χ4n) is 1.76. The molecule has 1 fully saturated rings. The van der Waals surface area contributed by atoms with Crippen LogP contribution in [0.4, 0.5) is 0 Å². The standard InChI is InChI=1S/C9H18ClNO3S/c1-2-14-6-7-15(12,13)11-5-3-4-9(11)8-10/h9H,2-8H2,1H3. The van der Waals surface area contributed by atoms with Gasteiger partial charge in [0.25, 0.3) is 0 Å². The molecule has 1 unspecified atom stereocenters. The second-order valence-electron chi connectivity index (χ2n) is 3.57. The van der Waals surface area contributed by atoms with E-state index in [-0.39, 0.29) is 18.4 Å². The van der Waals surface area contributed by atoms with Crippen LogP contribution >= 0.6 is 11.6 Å². The zero-order chi connectivity index (χ0) is 11.3. The number of hydrogen-bond donors (Lipinski definition) is 0. The topological polar surface area (TPSA) is 46.6 Å². The number of halogens is 1. The van der Waals surface area contributed by atoms with E-state index >= 15 is 0 Å². The summed E-state index contributed by atoms with van der Waals surface area (Å²) in [5.74, 6) is 0.447. The van der Waals surface area contributed by atoms with E-state index in [0.29, 0.717) is 19.0 Å². The van der Waals surface area contributed by atoms with E-state index in [2.05, 4.69) is 0 Å². The molecular formula is C9H18ClNO3S. The predicted octanol–water partition coefficient (Wildman–Crippen LogP) is 1.06. The highest BCUT2D eigenvalue weighted by Crippen LogP contribution is 2.22. The molecular weight excluding hydrogens is 238 g/mol. The number of alkyl halides is 1. The summed E-state index contributed by atoms with van der Waals surface area (Å²) < 4.78 is 30.3. The van der Waals surface area contributed by atoms with Gasteiger partial charge in [-0.3, -0.25) is 0 Å². The monoisotopic (exact) mass is 255 g/mol. The summed E-state index contributed by atoms with van der Waals surface area (Å²) in [5.41, 5.74) is 0. The largest absolute Gasteiger partial charge is 0.381 e. The van der Waals surface area contributed by atoms with Gasteiger partial charge in [-0.15, -0.1) is 11.6 Å². The van der Waals surface area contributed by atoms with Crippen molar-refractivity contribution in [1.82, 2.24) is 4.31 Å². The summed E-state index contributed by atoms with van der Waals surface area (Å²) in [6, 6.07) is -0.0155. The summed E-state index contributed by atoms with van der Waals surface area (Å²) in [5, 5.41) is 0. The molecule has 0 bridgehead atoms. The molecule has 0 radical (unpaired) electrons. The van der Waals surface area contributed by atoms with Crippen molar-refractivity contribution in [3.63, 3.8) is 0 Å². The molecule has 1 aliphatic heterocycles. The molecule has 1 heterocycles. The van der Waals surface area contributed by atoms with Gasteiger partial charge in [-0.2, -0.15) is 4.31 Å². The minimum Gasteiger partial charge on any atom is -0.381 e. The van der Waals surface area contributed by atoms with Crippen molar-refractivity contribution < 1.29 is 13.2 Å². The average molecular weight is 256 g/mol. The molecule has 0 aromatic heterocycles. The molecule has 1 atom stereocenters. The van der Waals surface area contributed by atoms with E-state index in [1.807, 2.05) is 6.92 Å². The molecule has 1 rings (SSSR count). The Morgan fingerprint density at radius 2 is 2.27 bits per heavy atom. The van der Waals surface area contributed by atoms with Gasteiger partial charge in [-0.25, -0.2) is 8.42 Å². The number of nitrogens with zero attached hydrogens (tertiary/aromatic N) is 1. The maximum absolute atomic E-state index is 11.9. The highest BCUT2D eigenvalue weighted by Gasteiger charge is 2.32. The molecule has 0 amide bonds. The van der Waals surface area contributed by atoms with Gasteiger partial charge in [0.15, 0.2) is 0 Å². The molecule has 0 spiro atoms. The lowest BCUT2D eigenvalue weighted by atomic mass is 10.3. The summed E-state index contributed by atoms with van der Waals surface area (Å²) in [7, 11) is -3.17. The van der Waals surface area contributed by atoms with Gasteiger partial charge in [-0.1, -0.05) is 0 Å². The Kier molecular flexibility index (Phi) is 5.32. The molecule has 0 saturated carbocycles. The van der Waals surface area contributed by atoms with Crippen molar-refractivity contribution in [3.05, 3.63) is 0 Å². The van der Waals surface area contributed by atoms with Crippen LogP contribution in [0.3, 0.4) is 0 Å². The Morgan fingerprint density at radius 3 is 2.87 bits per heavy atom. The van der Waals surface area contributed by atoms with Crippen LogP contribution in [0.1, 0.15) is 19.8 Å². The lowest BCUT2D eigenvalue weighted by Crippen LogP contribution is -2.39. The van der Waals surface area contributed by atoms with Crippen LogP contribution in [0.25, 0.3) is 0 Å². The second-order valence-corrected chi connectivity index (χ2v) is 5.92. The van der Waals surface area contributed by atoms with E-state index < -0.39 is 10.0 Å². The maximum Gasteiger partial charge on any atom is 0.216 e. The van der Waals surface area contributed by atoms with Crippen LogP contribution in [0.15, 0.2) is 0 Å². The normalized spacial score (nSPS) is 23.5. The van der Waals surface area contributed by atoms with E-state index in [1.54, 1.807) is 0 Å². The van der Waals surface area contributed by atoms with Gasteiger partial charge in [-0.05, 0) is 19.8 Å². The number of hydrogen-bond acceptors (Lipinski definition) is 3. The van der Waals surface area contributed by atoms with E-state index in [9.17, 15) is 8.42 Å². The molecule has 1 aliphatic rings. The molecule has 90 valence electrons. The Balaban J connectivity index is 2.52. The third-order valence-electron chi connectivity index (χ3n) is 2.55. The minimum absolute atomic E-state index is 0.0155. The lowest BCUT2D eigenvalue weighted by Gasteiger charge is -2.22. The molecule has 15 heavy (non-hydrogen) atoms. The third kappa shape index (κ3) is 3.59. The van der Waals surface area contributed by atoms with Gasteiger partial charge >= 0.3 is 0 Å². The van der Waals surface area contributed by atoms with Crippen LogP contribution in [-0.4, -0.2) is 50.2 Å². The molecule has 0 aliphatic carbocycles. The van der Waals surface area contributed by atoms with Crippen LogP contribution < -0.4 is 0 Å². The number of rotatable bonds is 6. The first-order valence-electron chi connectivity index (χ1n) is 5.25. The summed E-state index contributed by atoms with van der Waals surface area (Å²) >= 11 is 5.73. The molecule has 0 aromatic carbocycles. The van der Waals surface area contributed by atoms with Crippen molar-refractivity contribution in [2.24, 2.45) is 0 Å². The Labute approximate surface area is 96.6 Å².